The van der Waals surface area contributed by atoms with E-state index in [9.17, 15) is 19.2 Å². The van der Waals surface area contributed by atoms with Crippen LogP contribution in [0, 0.1) is 0 Å². The first kappa shape index (κ1) is 22.1. The van der Waals surface area contributed by atoms with E-state index in [1.54, 1.807) is 35.4 Å². The zero-order chi connectivity index (χ0) is 21.7. The van der Waals surface area contributed by atoms with Crippen molar-refractivity contribution >= 4 is 41.1 Å². The molecule has 0 radical (unpaired) electrons. The van der Waals surface area contributed by atoms with Crippen molar-refractivity contribution in [1.82, 2.24) is 15.1 Å². The third-order valence-corrected chi connectivity index (χ3v) is 6.16. The van der Waals surface area contributed by atoms with E-state index in [1.165, 1.54) is 4.90 Å². The van der Waals surface area contributed by atoms with E-state index < -0.39 is 11.8 Å². The Hall–Kier alpha value is -2.55. The lowest BCUT2D eigenvalue weighted by Gasteiger charge is -2.34. The predicted molar refractivity (Wildman–Crippen MR) is 115 cm³/mol. The second-order valence-electron chi connectivity index (χ2n) is 7.66. The van der Waals surface area contributed by atoms with Gasteiger partial charge in [0.05, 0.1) is 5.69 Å². The number of amides is 4. The number of anilines is 1. The van der Waals surface area contributed by atoms with Crippen molar-refractivity contribution in [2.75, 3.05) is 43.4 Å². The van der Waals surface area contributed by atoms with Crippen LogP contribution in [0.4, 0.5) is 5.69 Å². The smallest absolute Gasteiger partial charge is 0.312 e. The summed E-state index contributed by atoms with van der Waals surface area (Å²) in [4.78, 5) is 55.3. The number of rotatable bonds is 4. The second kappa shape index (κ2) is 9.97. The van der Waals surface area contributed by atoms with Gasteiger partial charge < -0.3 is 20.0 Å². The average molecular weight is 433 g/mol. The van der Waals surface area contributed by atoms with Crippen molar-refractivity contribution in [1.29, 1.82) is 0 Å². The van der Waals surface area contributed by atoms with Gasteiger partial charge in [0.15, 0.2) is 0 Å². The molecular formula is C21H28N4O4S. The molecule has 1 aromatic carbocycles. The molecule has 2 aliphatic heterocycles. The van der Waals surface area contributed by atoms with Crippen LogP contribution in [0.1, 0.15) is 26.7 Å². The van der Waals surface area contributed by atoms with E-state index in [0.717, 1.165) is 16.3 Å². The summed E-state index contributed by atoms with van der Waals surface area (Å²) in [5, 5.41) is 2.59. The zero-order valence-corrected chi connectivity index (χ0v) is 18.2. The van der Waals surface area contributed by atoms with Crippen LogP contribution in [-0.2, 0) is 19.2 Å². The average Bonchev–Trinajstić information content (AvgIpc) is 2.76. The number of hydrogen-bond donors (Lipinski definition) is 1. The van der Waals surface area contributed by atoms with E-state index in [-0.39, 0.29) is 30.7 Å². The summed E-state index contributed by atoms with van der Waals surface area (Å²) in [6, 6.07) is 7.71. The summed E-state index contributed by atoms with van der Waals surface area (Å²) in [5.41, 5.74) is 0.915. The molecule has 2 aliphatic rings. The van der Waals surface area contributed by atoms with E-state index in [1.807, 2.05) is 24.3 Å². The summed E-state index contributed by atoms with van der Waals surface area (Å²) in [7, 11) is 0. The largest absolute Gasteiger partial charge is 0.346 e. The molecule has 162 valence electrons. The molecule has 30 heavy (non-hydrogen) atoms. The van der Waals surface area contributed by atoms with Gasteiger partial charge in [-0.25, -0.2) is 0 Å². The van der Waals surface area contributed by atoms with Gasteiger partial charge in [0.1, 0.15) is 0 Å². The lowest BCUT2D eigenvalue weighted by atomic mass is 10.2. The summed E-state index contributed by atoms with van der Waals surface area (Å²) in [6.07, 6.45) is 0.306. The van der Waals surface area contributed by atoms with E-state index in [2.05, 4.69) is 5.32 Å². The van der Waals surface area contributed by atoms with Crippen LogP contribution >= 0.6 is 11.8 Å². The number of nitrogens with one attached hydrogen (secondary N) is 1. The maximum absolute atomic E-state index is 12.7. The summed E-state index contributed by atoms with van der Waals surface area (Å²) >= 11 is 1.73. The molecule has 0 aromatic heterocycles. The normalized spacial score (nSPS) is 16.3. The third-order valence-electron chi connectivity index (χ3n) is 5.12. The quantitative estimate of drug-likeness (QED) is 0.720. The Labute approximate surface area is 180 Å². The molecule has 1 N–H and O–H groups in total. The number of thioether (sulfide) groups is 1. The molecule has 0 unspecified atom stereocenters. The van der Waals surface area contributed by atoms with Crippen LogP contribution in [0.2, 0.25) is 0 Å². The first-order valence-electron chi connectivity index (χ1n) is 10.3. The molecule has 4 amide bonds. The number of fused-ring (bicyclic) bond motifs is 1. The first-order valence-corrected chi connectivity index (χ1v) is 11.2. The van der Waals surface area contributed by atoms with Gasteiger partial charge in [-0.2, -0.15) is 0 Å². The minimum absolute atomic E-state index is 0.0460. The Kier molecular flexibility index (Phi) is 7.36. The van der Waals surface area contributed by atoms with Crippen LogP contribution in [0.15, 0.2) is 29.2 Å². The molecule has 8 nitrogen and oxygen atoms in total. The number of para-hydroxylation sites is 1. The Bertz CT molecular complexity index is 821. The highest BCUT2D eigenvalue weighted by molar-refractivity contribution is 7.99. The fourth-order valence-electron chi connectivity index (χ4n) is 3.56. The van der Waals surface area contributed by atoms with Crippen LogP contribution in [0.5, 0.6) is 0 Å². The van der Waals surface area contributed by atoms with E-state index >= 15 is 0 Å². The van der Waals surface area contributed by atoms with E-state index in [4.69, 9.17) is 0 Å². The summed E-state index contributed by atoms with van der Waals surface area (Å²) in [6.45, 7) is 5.62. The lowest BCUT2D eigenvalue weighted by Crippen LogP contribution is -2.54. The molecule has 3 rings (SSSR count). The van der Waals surface area contributed by atoms with Crippen molar-refractivity contribution in [3.63, 3.8) is 0 Å². The van der Waals surface area contributed by atoms with Crippen LogP contribution in [-0.4, -0.2) is 77.9 Å². The van der Waals surface area contributed by atoms with Gasteiger partial charge in [0.25, 0.3) is 0 Å². The highest BCUT2D eigenvalue weighted by atomic mass is 32.2. The maximum Gasteiger partial charge on any atom is 0.312 e. The number of carbonyl (C=O) groups is 4. The maximum atomic E-state index is 12.7. The molecule has 0 aliphatic carbocycles. The van der Waals surface area contributed by atoms with Crippen LogP contribution in [0.25, 0.3) is 0 Å². The van der Waals surface area contributed by atoms with Crippen LogP contribution in [0.3, 0.4) is 0 Å². The SMILES string of the molecule is CC(C)NC(=O)C(=O)N1CCN(C(=O)CCC(=O)N2CCSc3ccccc32)CC1. The number of piperazine rings is 1. The second-order valence-corrected chi connectivity index (χ2v) is 8.80. The Balaban J connectivity index is 1.46. The van der Waals surface area contributed by atoms with Crippen molar-refractivity contribution in [2.24, 2.45) is 0 Å². The molecule has 0 spiro atoms. The van der Waals surface area contributed by atoms with Gasteiger partial charge in [-0.3, -0.25) is 19.2 Å². The summed E-state index contributed by atoms with van der Waals surface area (Å²) < 4.78 is 0. The van der Waals surface area contributed by atoms with Crippen molar-refractivity contribution in [3.8, 4) is 0 Å². The zero-order valence-electron chi connectivity index (χ0n) is 17.4. The Morgan fingerprint density at radius 1 is 0.933 bits per heavy atom. The third kappa shape index (κ3) is 5.33. The molecule has 1 aromatic rings. The molecule has 1 saturated heterocycles. The minimum atomic E-state index is -0.615. The first-order chi connectivity index (χ1) is 14.4. The van der Waals surface area contributed by atoms with Crippen LogP contribution < -0.4 is 10.2 Å². The fraction of sp³-hybridized carbons (Fsp3) is 0.524. The van der Waals surface area contributed by atoms with Gasteiger partial charge in [0, 0.05) is 62.3 Å². The Morgan fingerprint density at radius 2 is 1.57 bits per heavy atom. The number of hydrogen-bond acceptors (Lipinski definition) is 5. The van der Waals surface area contributed by atoms with Gasteiger partial charge >= 0.3 is 11.8 Å². The molecule has 0 bridgehead atoms. The van der Waals surface area contributed by atoms with Crippen molar-refractivity contribution < 1.29 is 19.2 Å². The fourth-order valence-corrected chi connectivity index (χ4v) is 4.56. The number of nitrogens with zero attached hydrogens (tertiary/aromatic N) is 3. The highest BCUT2D eigenvalue weighted by Crippen LogP contribution is 2.34. The lowest BCUT2D eigenvalue weighted by molar-refractivity contribution is -0.148. The summed E-state index contributed by atoms with van der Waals surface area (Å²) in [5.74, 6) is -0.475. The number of carbonyl (C=O) groups excluding carboxylic acids is 4. The standard InChI is InChI=1S/C21H28N4O4S/c1-15(2)22-20(28)21(29)24-11-9-23(10-12-24)18(26)7-8-19(27)25-13-14-30-17-6-4-3-5-16(17)25/h3-6,15H,7-14H2,1-2H3,(H,22,28). The van der Waals surface area contributed by atoms with Crippen molar-refractivity contribution in [2.45, 2.75) is 37.6 Å². The molecule has 0 atom stereocenters. The van der Waals surface area contributed by atoms with Gasteiger partial charge in [-0.05, 0) is 26.0 Å². The number of benzene rings is 1. The predicted octanol–water partition coefficient (Wildman–Crippen LogP) is 1.10. The molecule has 0 saturated carbocycles. The van der Waals surface area contributed by atoms with Crippen molar-refractivity contribution in [3.05, 3.63) is 24.3 Å². The molecule has 1 fully saturated rings. The van der Waals surface area contributed by atoms with E-state index in [0.29, 0.717) is 32.7 Å². The van der Waals surface area contributed by atoms with Gasteiger partial charge in [-0.1, -0.05) is 12.1 Å². The topological polar surface area (TPSA) is 90.0 Å². The molecule has 9 heteroatoms. The molecule has 2 heterocycles. The van der Waals surface area contributed by atoms with Gasteiger partial charge in [0.2, 0.25) is 11.8 Å². The monoisotopic (exact) mass is 432 g/mol. The minimum Gasteiger partial charge on any atom is -0.346 e. The molecular weight excluding hydrogens is 404 g/mol. The van der Waals surface area contributed by atoms with Gasteiger partial charge in [-0.15, -0.1) is 11.8 Å². The highest BCUT2D eigenvalue weighted by Gasteiger charge is 2.29. The Morgan fingerprint density at radius 3 is 2.27 bits per heavy atom.